The Labute approximate surface area is 328 Å². The summed E-state index contributed by atoms with van der Waals surface area (Å²) in [6.45, 7) is -1.06. The number of amides is 3. The SMILES string of the molecule is O=C(O)CCCNC(=O)N(CCCCc1cc(Cl)c(COC2(c3cnccc3-c3ccccc3OC3CC3)CC2)cc1Cl)C(=O)[C@H](O)[C@@H](O)[C@H](O)[C@H](O)CO. The fourth-order valence-electron chi connectivity index (χ4n) is 6.16. The van der Waals surface area contributed by atoms with E-state index in [1.165, 1.54) is 0 Å². The van der Waals surface area contributed by atoms with Crippen LogP contribution in [0.5, 0.6) is 5.75 Å². The van der Waals surface area contributed by atoms with Gasteiger partial charge in [-0.1, -0.05) is 41.4 Å². The summed E-state index contributed by atoms with van der Waals surface area (Å²) in [6.07, 6.45) is -0.0213. The average Bonchev–Trinajstić information content (AvgIpc) is 4.13. The molecule has 3 amide bonds. The smallest absolute Gasteiger partial charge is 0.324 e. The number of ether oxygens (including phenoxy) is 2. The molecule has 16 heteroatoms. The molecule has 2 saturated carbocycles. The summed E-state index contributed by atoms with van der Waals surface area (Å²) in [6, 6.07) is 12.5. The number of carbonyl (C=O) groups is 3. The molecular formula is C39H47Cl2N3O11. The first-order chi connectivity index (χ1) is 26.3. The van der Waals surface area contributed by atoms with E-state index in [1.807, 2.05) is 36.5 Å². The maximum atomic E-state index is 13.1. The monoisotopic (exact) mass is 803 g/mol. The summed E-state index contributed by atoms with van der Waals surface area (Å²) in [5.41, 5.74) is 3.83. The Morgan fingerprint density at radius 1 is 0.945 bits per heavy atom. The predicted molar refractivity (Wildman–Crippen MR) is 202 cm³/mol. The zero-order valence-corrected chi connectivity index (χ0v) is 31.7. The molecule has 0 radical (unpaired) electrons. The van der Waals surface area contributed by atoms with Crippen molar-refractivity contribution in [3.8, 4) is 16.9 Å². The number of aryl methyl sites for hydroxylation is 1. The highest BCUT2D eigenvalue weighted by molar-refractivity contribution is 6.34. The lowest BCUT2D eigenvalue weighted by molar-refractivity contribution is -0.155. The van der Waals surface area contributed by atoms with Gasteiger partial charge in [-0.3, -0.25) is 19.5 Å². The molecule has 4 atom stereocenters. The van der Waals surface area contributed by atoms with E-state index in [0.29, 0.717) is 38.9 Å². The summed E-state index contributed by atoms with van der Waals surface area (Å²) < 4.78 is 12.8. The van der Waals surface area contributed by atoms with Crippen molar-refractivity contribution in [2.45, 2.75) is 101 Å². The second kappa shape index (κ2) is 19.3. The average molecular weight is 805 g/mol. The standard InChI is InChI=1S/C39H47Cl2N3O11/c40-29-19-24(22-54-39(13-14-39)28-20-42-16-12-26(28)27-7-1-2-8-32(27)55-25-10-11-25)30(41)18-23(29)6-3-4-17-44(38(53)43-15-5-9-33(47)48)37(52)36(51)35(50)34(49)31(46)21-45/h1-2,7-8,12,16,18-20,25,31,34-36,45-46,49-51H,3-6,9-11,13-15,17,21-22H2,(H,43,53)(H,47,48)/t31-,34-,35+,36-/m1/s1. The molecule has 0 saturated heterocycles. The van der Waals surface area contributed by atoms with Gasteiger partial charge in [0.15, 0.2) is 6.10 Å². The van der Waals surface area contributed by atoms with E-state index >= 15 is 0 Å². The van der Waals surface area contributed by atoms with Crippen molar-refractivity contribution in [2.75, 3.05) is 19.7 Å². The molecule has 2 aromatic carbocycles. The third-order valence-electron chi connectivity index (χ3n) is 9.67. The van der Waals surface area contributed by atoms with E-state index in [4.69, 9.17) is 42.9 Å². The van der Waals surface area contributed by atoms with E-state index in [9.17, 15) is 34.8 Å². The van der Waals surface area contributed by atoms with E-state index in [2.05, 4.69) is 10.3 Å². The van der Waals surface area contributed by atoms with Crippen molar-refractivity contribution in [1.82, 2.24) is 15.2 Å². The van der Waals surface area contributed by atoms with Gasteiger partial charge in [0.2, 0.25) is 0 Å². The number of urea groups is 1. The Morgan fingerprint density at radius 3 is 2.35 bits per heavy atom. The minimum absolute atomic E-state index is 0.0752. The van der Waals surface area contributed by atoms with Crippen molar-refractivity contribution in [3.05, 3.63) is 81.6 Å². The summed E-state index contributed by atoms with van der Waals surface area (Å²) in [5.74, 6) is -1.50. The van der Waals surface area contributed by atoms with Crippen LogP contribution < -0.4 is 10.1 Å². The number of unbranched alkanes of at least 4 members (excludes halogenated alkanes) is 1. The maximum Gasteiger partial charge on any atom is 0.324 e. The van der Waals surface area contributed by atoms with Crippen molar-refractivity contribution < 1.29 is 54.5 Å². The number of nitrogens with one attached hydrogen (secondary N) is 1. The van der Waals surface area contributed by atoms with Gasteiger partial charge in [0.05, 0.1) is 24.9 Å². The van der Waals surface area contributed by atoms with Gasteiger partial charge in [-0.2, -0.15) is 0 Å². The lowest BCUT2D eigenvalue weighted by Gasteiger charge is -2.29. The Morgan fingerprint density at radius 2 is 1.65 bits per heavy atom. The summed E-state index contributed by atoms with van der Waals surface area (Å²) in [4.78, 5) is 41.9. The van der Waals surface area contributed by atoms with Crippen LogP contribution in [0.2, 0.25) is 10.0 Å². The molecule has 14 nitrogen and oxygen atoms in total. The van der Waals surface area contributed by atoms with Gasteiger partial charge in [0, 0.05) is 53.1 Å². The molecule has 0 aliphatic heterocycles. The molecule has 2 aliphatic carbocycles. The van der Waals surface area contributed by atoms with Gasteiger partial charge < -0.3 is 45.4 Å². The number of aliphatic carboxylic acids is 1. The van der Waals surface area contributed by atoms with Gasteiger partial charge in [-0.05, 0) is 92.3 Å². The molecule has 0 spiro atoms. The Kier molecular flexibility index (Phi) is 14.9. The molecule has 0 bridgehead atoms. The molecule has 7 N–H and O–H groups in total. The third kappa shape index (κ3) is 11.1. The molecule has 55 heavy (non-hydrogen) atoms. The number of para-hydroxylation sites is 1. The number of halogens is 2. The number of hydrogen-bond donors (Lipinski definition) is 7. The number of aliphatic hydroxyl groups is 5. The summed E-state index contributed by atoms with van der Waals surface area (Å²) in [5, 5.41) is 61.6. The first-order valence-electron chi connectivity index (χ1n) is 18.3. The zero-order chi connectivity index (χ0) is 39.7. The number of carboxylic acids is 1. The Balaban J connectivity index is 1.20. The van der Waals surface area contributed by atoms with E-state index in [-0.39, 0.29) is 45.1 Å². The lowest BCUT2D eigenvalue weighted by Crippen LogP contribution is -2.55. The number of aromatic nitrogens is 1. The van der Waals surface area contributed by atoms with Crippen molar-refractivity contribution in [3.63, 3.8) is 0 Å². The number of imide groups is 1. The number of hydrogen-bond acceptors (Lipinski definition) is 11. The van der Waals surface area contributed by atoms with Gasteiger partial charge in [-0.25, -0.2) is 4.79 Å². The Hall–Kier alpha value is -3.86. The van der Waals surface area contributed by atoms with Crippen LogP contribution in [0.1, 0.15) is 68.1 Å². The first-order valence-corrected chi connectivity index (χ1v) is 19.1. The first kappa shape index (κ1) is 42.3. The fraction of sp³-hybridized carbons (Fsp3) is 0.487. The summed E-state index contributed by atoms with van der Waals surface area (Å²) in [7, 11) is 0. The highest BCUT2D eigenvalue weighted by atomic mass is 35.5. The second-order valence-corrected chi connectivity index (χ2v) is 14.7. The minimum atomic E-state index is -2.32. The van der Waals surface area contributed by atoms with Crippen LogP contribution in [0.25, 0.3) is 11.1 Å². The van der Waals surface area contributed by atoms with Crippen LogP contribution in [0.4, 0.5) is 4.79 Å². The van der Waals surface area contributed by atoms with E-state index < -0.39 is 54.5 Å². The molecule has 2 fully saturated rings. The van der Waals surface area contributed by atoms with Crippen LogP contribution in [0.3, 0.4) is 0 Å². The molecule has 298 valence electrons. The van der Waals surface area contributed by atoms with Crippen molar-refractivity contribution in [1.29, 1.82) is 0 Å². The largest absolute Gasteiger partial charge is 0.490 e. The topological polar surface area (TPSA) is 219 Å². The molecule has 1 aromatic heterocycles. The minimum Gasteiger partial charge on any atom is -0.490 e. The fourth-order valence-corrected chi connectivity index (χ4v) is 6.68. The van der Waals surface area contributed by atoms with Crippen LogP contribution in [-0.2, 0) is 33.0 Å². The quantitative estimate of drug-likeness (QED) is 0.0762. The van der Waals surface area contributed by atoms with Gasteiger partial charge in [-0.15, -0.1) is 0 Å². The maximum absolute atomic E-state index is 13.1. The number of pyridine rings is 1. The van der Waals surface area contributed by atoms with E-state index in [0.717, 1.165) is 48.1 Å². The third-order valence-corrected chi connectivity index (χ3v) is 10.4. The number of nitrogens with zero attached hydrogens (tertiary/aromatic N) is 2. The lowest BCUT2D eigenvalue weighted by atomic mass is 9.96. The van der Waals surface area contributed by atoms with Gasteiger partial charge in [0.25, 0.3) is 5.91 Å². The van der Waals surface area contributed by atoms with Crippen molar-refractivity contribution >= 4 is 41.1 Å². The number of carbonyl (C=O) groups excluding carboxylic acids is 2. The number of rotatable bonds is 21. The molecular weight excluding hydrogens is 757 g/mol. The summed E-state index contributed by atoms with van der Waals surface area (Å²) >= 11 is 13.4. The Bertz CT molecular complexity index is 1810. The van der Waals surface area contributed by atoms with Gasteiger partial charge in [0.1, 0.15) is 24.1 Å². The van der Waals surface area contributed by atoms with Crippen LogP contribution in [-0.4, -0.2) is 109 Å². The number of benzene rings is 2. The van der Waals surface area contributed by atoms with Crippen molar-refractivity contribution in [2.24, 2.45) is 0 Å². The van der Waals surface area contributed by atoms with Crippen LogP contribution in [0, 0.1) is 0 Å². The highest BCUT2D eigenvalue weighted by Crippen LogP contribution is 2.53. The number of carboxylic acid groups (broad SMARTS) is 1. The van der Waals surface area contributed by atoms with Gasteiger partial charge >= 0.3 is 12.0 Å². The molecule has 3 aromatic rings. The molecule has 2 aliphatic rings. The zero-order valence-electron chi connectivity index (χ0n) is 30.2. The second-order valence-electron chi connectivity index (χ2n) is 13.9. The molecule has 0 unspecified atom stereocenters. The van der Waals surface area contributed by atoms with Crippen LogP contribution >= 0.6 is 23.2 Å². The number of aliphatic hydroxyl groups excluding tert-OH is 5. The van der Waals surface area contributed by atoms with E-state index in [1.54, 1.807) is 18.3 Å². The highest BCUT2D eigenvalue weighted by Gasteiger charge is 2.48. The molecule has 5 rings (SSSR count). The van der Waals surface area contributed by atoms with Crippen LogP contribution in [0.15, 0.2) is 54.9 Å². The molecule has 1 heterocycles. The normalized spacial score (nSPS) is 16.8. The predicted octanol–water partition coefficient (Wildman–Crippen LogP) is 3.96.